The van der Waals surface area contributed by atoms with E-state index in [4.69, 9.17) is 5.73 Å². The Morgan fingerprint density at radius 1 is 1.10 bits per heavy atom. The summed E-state index contributed by atoms with van der Waals surface area (Å²) in [4.78, 5) is 4.31. The van der Waals surface area contributed by atoms with Crippen molar-refractivity contribution in [1.29, 1.82) is 0 Å². The van der Waals surface area contributed by atoms with Gasteiger partial charge in [0.05, 0.1) is 0 Å². The molecule has 20 heavy (non-hydrogen) atoms. The van der Waals surface area contributed by atoms with Crippen molar-refractivity contribution < 1.29 is 13.2 Å². The van der Waals surface area contributed by atoms with E-state index in [1.807, 2.05) is 24.3 Å². The van der Waals surface area contributed by atoms with E-state index in [1.54, 1.807) is 0 Å². The lowest BCUT2D eigenvalue weighted by molar-refractivity contribution is -0.136. The van der Waals surface area contributed by atoms with Crippen molar-refractivity contribution in [2.24, 2.45) is 0 Å². The van der Waals surface area contributed by atoms with Crippen molar-refractivity contribution in [2.45, 2.75) is 19.0 Å². The number of hydrogen-bond acceptors (Lipinski definition) is 3. The minimum absolute atomic E-state index is 0.182. The number of piperazine rings is 1. The molecule has 0 aromatic heterocycles. The smallest absolute Gasteiger partial charge is 0.389 e. The molecule has 2 N–H and O–H groups in total. The van der Waals surface area contributed by atoms with Crippen molar-refractivity contribution in [2.75, 3.05) is 43.4 Å². The van der Waals surface area contributed by atoms with Gasteiger partial charge in [-0.15, -0.1) is 0 Å². The first-order valence-electron chi connectivity index (χ1n) is 6.84. The van der Waals surface area contributed by atoms with E-state index in [0.717, 1.165) is 37.6 Å². The minimum Gasteiger partial charge on any atom is -0.399 e. The van der Waals surface area contributed by atoms with Crippen LogP contribution in [0, 0.1) is 0 Å². The molecule has 1 heterocycles. The van der Waals surface area contributed by atoms with Crippen LogP contribution < -0.4 is 10.6 Å². The topological polar surface area (TPSA) is 32.5 Å². The molecule has 0 aliphatic carbocycles. The maximum absolute atomic E-state index is 12.1. The molecule has 1 aromatic rings. The van der Waals surface area contributed by atoms with Gasteiger partial charge in [0, 0.05) is 44.0 Å². The van der Waals surface area contributed by atoms with Crippen molar-refractivity contribution in [1.82, 2.24) is 4.90 Å². The third-order valence-corrected chi connectivity index (χ3v) is 3.54. The monoisotopic (exact) mass is 287 g/mol. The summed E-state index contributed by atoms with van der Waals surface area (Å²) in [5.41, 5.74) is 7.57. The van der Waals surface area contributed by atoms with Gasteiger partial charge in [-0.2, -0.15) is 13.2 Å². The van der Waals surface area contributed by atoms with Crippen molar-refractivity contribution in [3.8, 4) is 0 Å². The van der Waals surface area contributed by atoms with Crippen LogP contribution in [0.3, 0.4) is 0 Å². The van der Waals surface area contributed by atoms with Crippen molar-refractivity contribution >= 4 is 11.4 Å². The average Bonchev–Trinajstić information content (AvgIpc) is 2.38. The largest absolute Gasteiger partial charge is 0.399 e. The van der Waals surface area contributed by atoms with Gasteiger partial charge in [-0.25, -0.2) is 0 Å². The van der Waals surface area contributed by atoms with E-state index in [0.29, 0.717) is 6.54 Å². The molecule has 3 nitrogen and oxygen atoms in total. The Bertz CT molecular complexity index is 426. The summed E-state index contributed by atoms with van der Waals surface area (Å²) in [5, 5.41) is 0. The second-order valence-corrected chi connectivity index (χ2v) is 5.14. The van der Waals surface area contributed by atoms with Crippen molar-refractivity contribution in [3.05, 3.63) is 24.3 Å². The Morgan fingerprint density at radius 3 is 2.40 bits per heavy atom. The highest BCUT2D eigenvalue weighted by atomic mass is 19.4. The van der Waals surface area contributed by atoms with Gasteiger partial charge in [0.2, 0.25) is 0 Å². The second kappa shape index (κ2) is 6.35. The van der Waals surface area contributed by atoms with E-state index in [1.165, 1.54) is 0 Å². The lowest BCUT2D eigenvalue weighted by atomic mass is 10.2. The Labute approximate surface area is 117 Å². The highest BCUT2D eigenvalue weighted by molar-refractivity contribution is 5.56. The van der Waals surface area contributed by atoms with Gasteiger partial charge in [-0.1, -0.05) is 6.07 Å². The molecule has 0 bridgehead atoms. The Morgan fingerprint density at radius 2 is 1.80 bits per heavy atom. The number of hydrogen-bond donors (Lipinski definition) is 1. The third kappa shape index (κ3) is 4.59. The predicted molar refractivity (Wildman–Crippen MR) is 74.8 cm³/mol. The van der Waals surface area contributed by atoms with E-state index in [9.17, 15) is 13.2 Å². The summed E-state index contributed by atoms with van der Waals surface area (Å²) in [5.74, 6) is 0. The standard InChI is InChI=1S/C14H20F3N3/c15-14(16,17)5-2-6-19-7-9-20(10-8-19)13-4-1-3-12(18)11-13/h1,3-4,11H,2,5-10,18H2. The number of nitrogens with zero attached hydrogens (tertiary/aromatic N) is 2. The number of anilines is 2. The molecule has 0 unspecified atom stereocenters. The number of benzene rings is 1. The fourth-order valence-electron chi connectivity index (χ4n) is 2.45. The molecule has 1 saturated heterocycles. The molecule has 0 saturated carbocycles. The molecule has 112 valence electrons. The van der Waals surface area contributed by atoms with Gasteiger partial charge in [0.25, 0.3) is 0 Å². The molecule has 2 rings (SSSR count). The number of nitrogens with two attached hydrogens (primary N) is 1. The molecule has 1 aromatic carbocycles. The predicted octanol–water partition coefficient (Wildman–Crippen LogP) is 2.73. The SMILES string of the molecule is Nc1cccc(N2CCN(CCCC(F)(F)F)CC2)c1. The van der Waals surface area contributed by atoms with Gasteiger partial charge in [0.1, 0.15) is 0 Å². The molecule has 0 amide bonds. The molecular weight excluding hydrogens is 267 g/mol. The minimum atomic E-state index is -4.04. The van der Waals surface area contributed by atoms with Gasteiger partial charge in [-0.3, -0.25) is 4.90 Å². The van der Waals surface area contributed by atoms with Crippen molar-refractivity contribution in [3.63, 3.8) is 0 Å². The molecule has 0 spiro atoms. The number of nitrogen functional groups attached to an aromatic ring is 1. The molecule has 0 atom stereocenters. The molecule has 1 aliphatic rings. The van der Waals surface area contributed by atoms with Gasteiger partial charge in [0.15, 0.2) is 0 Å². The summed E-state index contributed by atoms with van der Waals surface area (Å²) in [6, 6.07) is 7.70. The maximum atomic E-state index is 12.1. The van der Waals surface area contributed by atoms with Crippen LogP contribution >= 0.6 is 0 Å². The van der Waals surface area contributed by atoms with Crippen LogP contribution in [-0.4, -0.2) is 43.8 Å². The molecular formula is C14H20F3N3. The normalized spacial score (nSPS) is 17.4. The zero-order valence-corrected chi connectivity index (χ0v) is 11.4. The van der Waals surface area contributed by atoms with E-state index >= 15 is 0 Å². The Balaban J connectivity index is 1.75. The summed E-state index contributed by atoms with van der Waals surface area (Å²) >= 11 is 0. The van der Waals surface area contributed by atoms with E-state index < -0.39 is 12.6 Å². The van der Waals surface area contributed by atoms with E-state index in [2.05, 4.69) is 9.80 Å². The lowest BCUT2D eigenvalue weighted by Crippen LogP contribution is -2.46. The first kappa shape index (κ1) is 15.0. The first-order chi connectivity index (χ1) is 9.44. The molecule has 0 radical (unpaired) electrons. The maximum Gasteiger partial charge on any atom is 0.389 e. The van der Waals surface area contributed by atoms with Gasteiger partial charge in [-0.05, 0) is 31.2 Å². The van der Waals surface area contributed by atoms with Crippen LogP contribution in [0.15, 0.2) is 24.3 Å². The highest BCUT2D eigenvalue weighted by Crippen LogP contribution is 2.22. The average molecular weight is 287 g/mol. The molecule has 1 fully saturated rings. The zero-order valence-electron chi connectivity index (χ0n) is 11.4. The summed E-state index contributed by atoms with van der Waals surface area (Å²) < 4.78 is 36.3. The zero-order chi connectivity index (χ0) is 14.6. The molecule has 1 aliphatic heterocycles. The van der Waals surface area contributed by atoms with Crippen LogP contribution in [0.2, 0.25) is 0 Å². The van der Waals surface area contributed by atoms with Crippen LogP contribution in [0.1, 0.15) is 12.8 Å². The quantitative estimate of drug-likeness (QED) is 0.864. The van der Waals surface area contributed by atoms with E-state index in [-0.39, 0.29) is 6.42 Å². The highest BCUT2D eigenvalue weighted by Gasteiger charge is 2.27. The first-order valence-corrected chi connectivity index (χ1v) is 6.84. The number of halogens is 3. The number of rotatable bonds is 4. The Hall–Kier alpha value is -1.43. The fourth-order valence-corrected chi connectivity index (χ4v) is 2.45. The van der Waals surface area contributed by atoms with Crippen LogP contribution in [0.5, 0.6) is 0 Å². The third-order valence-electron chi connectivity index (χ3n) is 3.54. The number of alkyl halides is 3. The van der Waals surface area contributed by atoms with Crippen LogP contribution in [0.4, 0.5) is 24.5 Å². The Kier molecular flexibility index (Phi) is 4.75. The van der Waals surface area contributed by atoms with Gasteiger partial charge >= 0.3 is 6.18 Å². The van der Waals surface area contributed by atoms with Crippen LogP contribution in [-0.2, 0) is 0 Å². The summed E-state index contributed by atoms with van der Waals surface area (Å²) in [7, 11) is 0. The fraction of sp³-hybridized carbons (Fsp3) is 0.571. The summed E-state index contributed by atoms with van der Waals surface area (Å²) in [6.45, 7) is 3.77. The van der Waals surface area contributed by atoms with Gasteiger partial charge < -0.3 is 10.6 Å². The molecule has 6 heteroatoms. The summed E-state index contributed by atoms with van der Waals surface area (Å²) in [6.07, 6.45) is -4.55. The second-order valence-electron chi connectivity index (χ2n) is 5.14. The van der Waals surface area contributed by atoms with Crippen LogP contribution in [0.25, 0.3) is 0 Å². The lowest BCUT2D eigenvalue weighted by Gasteiger charge is -2.36.